The molecule has 0 unspecified atom stereocenters. The molecule has 0 atom stereocenters. The second-order valence-corrected chi connectivity index (χ2v) is 5.85. The first kappa shape index (κ1) is 10.3. The van der Waals surface area contributed by atoms with Gasteiger partial charge in [-0.15, -0.1) is 0 Å². The molecule has 78 valence electrons. The van der Waals surface area contributed by atoms with Crippen LogP contribution in [0, 0.1) is 5.82 Å². The fraction of sp³-hybridized carbons (Fsp3) is 0.182. The summed E-state index contributed by atoms with van der Waals surface area (Å²) in [5.74, 6) is -0.314. The molecule has 0 amide bonds. The topological polar surface area (TPSA) is 38.9 Å². The third kappa shape index (κ3) is 1.80. The van der Waals surface area contributed by atoms with Crippen molar-refractivity contribution in [1.82, 2.24) is 4.98 Å². The second kappa shape index (κ2) is 3.74. The maximum absolute atomic E-state index is 13.1. The number of fused-ring (bicyclic) bond motifs is 1. The molecule has 0 saturated carbocycles. The van der Waals surface area contributed by atoms with Gasteiger partial charge in [-0.3, -0.25) is 4.98 Å². The van der Waals surface area contributed by atoms with E-state index in [0.29, 0.717) is 0 Å². The Labute approximate surface area is 89.1 Å². The number of hydrogen-bond donors (Lipinski definition) is 1. The van der Waals surface area contributed by atoms with Gasteiger partial charge in [0, 0.05) is 16.4 Å². The van der Waals surface area contributed by atoms with Gasteiger partial charge in [0.1, 0.15) is 5.82 Å². The first-order chi connectivity index (χ1) is 7.09. The zero-order chi connectivity index (χ0) is 11.0. The molecule has 0 fully saturated rings. The number of hydrogen-bond acceptors (Lipinski definition) is 2. The van der Waals surface area contributed by atoms with E-state index in [-0.39, 0.29) is 13.7 Å². The fourth-order valence-corrected chi connectivity index (χ4v) is 2.93. The molecule has 4 heteroatoms. The Morgan fingerprint density at radius 3 is 2.73 bits per heavy atom. The average molecular weight is 222 g/mol. The number of nitrogen functional groups attached to an aromatic ring is 1. The number of aromatic nitrogens is 1. The average Bonchev–Trinajstić information content (AvgIpc) is 2.16. The van der Waals surface area contributed by atoms with Crippen molar-refractivity contribution in [2.24, 2.45) is 0 Å². The maximum Gasteiger partial charge on any atom is 0.142 e. The largest absolute Gasteiger partial charge is 0.398 e. The predicted molar refractivity (Wildman–Crippen MR) is 64.5 cm³/mol. The van der Waals surface area contributed by atoms with Gasteiger partial charge in [-0.2, -0.15) is 0 Å². The van der Waals surface area contributed by atoms with Crippen molar-refractivity contribution in [3.8, 4) is 0 Å². The zero-order valence-electron chi connectivity index (χ0n) is 8.66. The molecular formula is C11H12FN2P. The summed E-state index contributed by atoms with van der Waals surface area (Å²) in [5, 5.41) is 1.88. The smallest absolute Gasteiger partial charge is 0.142 e. The van der Waals surface area contributed by atoms with E-state index in [1.807, 2.05) is 12.1 Å². The minimum Gasteiger partial charge on any atom is -0.398 e. The van der Waals surface area contributed by atoms with Crippen LogP contribution < -0.4 is 11.0 Å². The van der Waals surface area contributed by atoms with E-state index in [4.69, 9.17) is 5.73 Å². The van der Waals surface area contributed by atoms with Crippen LogP contribution in [0.2, 0.25) is 0 Å². The van der Waals surface area contributed by atoms with Gasteiger partial charge in [0.25, 0.3) is 0 Å². The van der Waals surface area contributed by atoms with Gasteiger partial charge >= 0.3 is 0 Å². The van der Waals surface area contributed by atoms with Crippen molar-refractivity contribution in [3.05, 3.63) is 30.2 Å². The molecule has 0 aliphatic carbocycles. The quantitative estimate of drug-likeness (QED) is 0.594. The summed E-state index contributed by atoms with van der Waals surface area (Å²) < 4.78 is 13.1. The highest BCUT2D eigenvalue weighted by Gasteiger charge is 2.10. The number of benzene rings is 1. The number of anilines is 1. The Hall–Kier alpha value is -1.21. The number of nitrogens with zero attached hydrogens (tertiary/aromatic N) is 1. The van der Waals surface area contributed by atoms with Crippen LogP contribution in [0.4, 0.5) is 10.1 Å². The van der Waals surface area contributed by atoms with E-state index < -0.39 is 0 Å². The van der Waals surface area contributed by atoms with E-state index in [9.17, 15) is 4.39 Å². The molecule has 1 aromatic carbocycles. The number of rotatable bonds is 1. The van der Waals surface area contributed by atoms with Gasteiger partial charge < -0.3 is 5.73 Å². The lowest BCUT2D eigenvalue weighted by Gasteiger charge is -2.12. The Bertz CT molecular complexity index is 506. The highest BCUT2D eigenvalue weighted by molar-refractivity contribution is 7.65. The number of halogens is 1. The highest BCUT2D eigenvalue weighted by Crippen LogP contribution is 2.31. The third-order valence-electron chi connectivity index (χ3n) is 2.28. The molecule has 2 N–H and O–H groups in total. The van der Waals surface area contributed by atoms with E-state index in [1.54, 1.807) is 0 Å². The van der Waals surface area contributed by atoms with Gasteiger partial charge in [-0.25, -0.2) is 4.39 Å². The molecule has 0 spiro atoms. The molecule has 0 radical (unpaired) electrons. The Morgan fingerprint density at radius 1 is 1.33 bits per heavy atom. The molecule has 2 rings (SSSR count). The van der Waals surface area contributed by atoms with Crippen molar-refractivity contribution in [2.75, 3.05) is 19.1 Å². The molecular weight excluding hydrogens is 210 g/mol. The van der Waals surface area contributed by atoms with Gasteiger partial charge in [0.2, 0.25) is 0 Å². The van der Waals surface area contributed by atoms with Crippen LogP contribution >= 0.6 is 7.92 Å². The van der Waals surface area contributed by atoms with E-state index >= 15 is 0 Å². The summed E-state index contributed by atoms with van der Waals surface area (Å²) in [4.78, 5) is 4.04. The second-order valence-electron chi connectivity index (χ2n) is 3.62. The van der Waals surface area contributed by atoms with Gasteiger partial charge in [-0.1, -0.05) is 7.92 Å². The Balaban J connectivity index is 2.84. The van der Waals surface area contributed by atoms with Crippen LogP contribution in [0.3, 0.4) is 0 Å². The van der Waals surface area contributed by atoms with E-state index in [0.717, 1.165) is 21.9 Å². The number of nitrogens with two attached hydrogens (primary N) is 1. The third-order valence-corrected chi connectivity index (χ3v) is 3.68. The minimum absolute atomic E-state index is 0.314. The molecule has 0 aliphatic rings. The molecule has 2 nitrogen and oxygen atoms in total. The van der Waals surface area contributed by atoms with Crippen molar-refractivity contribution < 1.29 is 4.39 Å². The standard InChI is InChI=1S/C11H12FN2P/c1-15(2)11-8-5-7(12)6-14-10(8)4-3-9(11)13/h3-6H,13H2,1-2H3. The summed E-state index contributed by atoms with van der Waals surface area (Å²) in [7, 11) is -0.360. The molecule has 0 saturated heterocycles. The van der Waals surface area contributed by atoms with Crippen LogP contribution in [0.15, 0.2) is 24.4 Å². The lowest BCUT2D eigenvalue weighted by atomic mass is 10.2. The lowest BCUT2D eigenvalue weighted by molar-refractivity contribution is 0.624. The monoisotopic (exact) mass is 222 g/mol. The summed E-state index contributed by atoms with van der Waals surface area (Å²) in [5.41, 5.74) is 7.43. The molecule has 0 aliphatic heterocycles. The van der Waals surface area contributed by atoms with Crippen LogP contribution in [0.25, 0.3) is 10.9 Å². The van der Waals surface area contributed by atoms with Crippen molar-refractivity contribution >= 4 is 29.8 Å². The van der Waals surface area contributed by atoms with Crippen molar-refractivity contribution in [1.29, 1.82) is 0 Å². The fourth-order valence-electron chi connectivity index (χ4n) is 1.67. The van der Waals surface area contributed by atoms with Crippen LogP contribution in [-0.2, 0) is 0 Å². The van der Waals surface area contributed by atoms with Crippen LogP contribution in [0.1, 0.15) is 0 Å². The zero-order valence-corrected chi connectivity index (χ0v) is 9.55. The predicted octanol–water partition coefficient (Wildman–Crippen LogP) is 2.32. The van der Waals surface area contributed by atoms with E-state index in [2.05, 4.69) is 18.3 Å². The van der Waals surface area contributed by atoms with Gasteiger partial charge in [0.05, 0.1) is 11.7 Å². The summed E-state index contributed by atoms with van der Waals surface area (Å²) >= 11 is 0. The van der Waals surface area contributed by atoms with E-state index in [1.165, 1.54) is 12.3 Å². The SMILES string of the molecule is CP(C)c1c(N)ccc2ncc(F)cc12. The first-order valence-corrected chi connectivity index (χ1v) is 6.84. The van der Waals surface area contributed by atoms with Crippen LogP contribution in [-0.4, -0.2) is 18.3 Å². The summed E-state index contributed by atoms with van der Waals surface area (Å²) in [6.45, 7) is 4.21. The Morgan fingerprint density at radius 2 is 2.07 bits per heavy atom. The molecule has 1 heterocycles. The van der Waals surface area contributed by atoms with Gasteiger partial charge in [-0.05, 0) is 31.5 Å². The Kier molecular flexibility index (Phi) is 2.57. The molecule has 0 bridgehead atoms. The first-order valence-electron chi connectivity index (χ1n) is 4.60. The summed E-state index contributed by atoms with van der Waals surface area (Å²) in [6.07, 6.45) is 1.23. The number of pyridine rings is 1. The maximum atomic E-state index is 13.1. The highest BCUT2D eigenvalue weighted by atomic mass is 31.1. The molecule has 1 aromatic heterocycles. The minimum atomic E-state index is -0.360. The molecule has 15 heavy (non-hydrogen) atoms. The normalized spacial score (nSPS) is 11.2. The van der Waals surface area contributed by atoms with Gasteiger partial charge in [0.15, 0.2) is 0 Å². The van der Waals surface area contributed by atoms with Crippen LogP contribution in [0.5, 0.6) is 0 Å². The summed E-state index contributed by atoms with van der Waals surface area (Å²) in [6, 6.07) is 5.17. The van der Waals surface area contributed by atoms with Crippen molar-refractivity contribution in [3.63, 3.8) is 0 Å². The molecule has 2 aromatic rings. The van der Waals surface area contributed by atoms with Crippen molar-refractivity contribution in [2.45, 2.75) is 0 Å². The lowest BCUT2D eigenvalue weighted by Crippen LogP contribution is -2.09.